The van der Waals surface area contributed by atoms with E-state index in [1.54, 1.807) is 24.5 Å². The van der Waals surface area contributed by atoms with Crippen LogP contribution in [-0.2, 0) is 4.74 Å². The van der Waals surface area contributed by atoms with E-state index in [9.17, 15) is 4.39 Å². The van der Waals surface area contributed by atoms with Crippen LogP contribution >= 0.6 is 0 Å². The Bertz CT molecular complexity index is 597. The lowest BCUT2D eigenvalue weighted by molar-refractivity contribution is 0.0378. The SMILES string of the molecule is Fc1ccc(-c2cnc(NCCCN3CCOCC3)nc2)cc1. The van der Waals surface area contributed by atoms with E-state index in [0.29, 0.717) is 5.95 Å². The quantitative estimate of drug-likeness (QED) is 0.830. The summed E-state index contributed by atoms with van der Waals surface area (Å²) in [5.41, 5.74) is 1.79. The van der Waals surface area contributed by atoms with Crippen molar-refractivity contribution in [2.45, 2.75) is 6.42 Å². The summed E-state index contributed by atoms with van der Waals surface area (Å²) in [7, 11) is 0. The lowest BCUT2D eigenvalue weighted by atomic mass is 10.1. The zero-order chi connectivity index (χ0) is 15.9. The van der Waals surface area contributed by atoms with Gasteiger partial charge in [0.05, 0.1) is 13.2 Å². The van der Waals surface area contributed by atoms with Crippen molar-refractivity contribution in [3.8, 4) is 11.1 Å². The molecule has 0 bridgehead atoms. The second-order valence-electron chi connectivity index (χ2n) is 5.54. The van der Waals surface area contributed by atoms with Gasteiger partial charge in [-0.2, -0.15) is 0 Å². The molecular formula is C17H21FN4O. The first kappa shape index (κ1) is 15.8. The molecule has 0 spiro atoms. The molecule has 1 saturated heterocycles. The zero-order valence-corrected chi connectivity index (χ0v) is 13.0. The van der Waals surface area contributed by atoms with Crippen LogP contribution in [0.1, 0.15) is 6.42 Å². The standard InChI is InChI=1S/C17H21FN4O/c18-16-4-2-14(3-5-16)15-12-20-17(21-13-15)19-6-1-7-22-8-10-23-11-9-22/h2-5,12-13H,1,6-11H2,(H,19,20,21). The fourth-order valence-corrected chi connectivity index (χ4v) is 2.54. The molecule has 0 radical (unpaired) electrons. The molecule has 0 aliphatic carbocycles. The van der Waals surface area contributed by atoms with E-state index in [0.717, 1.165) is 56.9 Å². The van der Waals surface area contributed by atoms with Gasteiger partial charge in [0.15, 0.2) is 0 Å². The van der Waals surface area contributed by atoms with Crippen LogP contribution in [0.25, 0.3) is 11.1 Å². The molecule has 1 N–H and O–H groups in total. The monoisotopic (exact) mass is 316 g/mol. The van der Waals surface area contributed by atoms with Gasteiger partial charge in [-0.25, -0.2) is 14.4 Å². The summed E-state index contributed by atoms with van der Waals surface area (Å²) in [5, 5.41) is 3.23. The first-order chi connectivity index (χ1) is 11.3. The van der Waals surface area contributed by atoms with Crippen molar-refractivity contribution in [3.05, 3.63) is 42.5 Å². The predicted octanol–water partition coefficient (Wildman–Crippen LogP) is 2.42. The number of aromatic nitrogens is 2. The van der Waals surface area contributed by atoms with Crippen LogP contribution in [0, 0.1) is 5.82 Å². The first-order valence-corrected chi connectivity index (χ1v) is 7.93. The van der Waals surface area contributed by atoms with Gasteiger partial charge in [-0.05, 0) is 30.7 Å². The van der Waals surface area contributed by atoms with Gasteiger partial charge in [0.1, 0.15) is 5.82 Å². The number of nitrogens with one attached hydrogen (secondary N) is 1. The molecule has 1 fully saturated rings. The van der Waals surface area contributed by atoms with Crippen LogP contribution in [0.15, 0.2) is 36.7 Å². The molecule has 5 nitrogen and oxygen atoms in total. The molecule has 1 aliphatic rings. The summed E-state index contributed by atoms with van der Waals surface area (Å²) in [4.78, 5) is 11.0. The highest BCUT2D eigenvalue weighted by Gasteiger charge is 2.09. The Hall–Kier alpha value is -2.05. The van der Waals surface area contributed by atoms with Crippen LogP contribution in [0.4, 0.5) is 10.3 Å². The molecule has 6 heteroatoms. The largest absolute Gasteiger partial charge is 0.379 e. The number of morpholine rings is 1. The number of halogens is 1. The molecule has 0 unspecified atom stereocenters. The fraction of sp³-hybridized carbons (Fsp3) is 0.412. The highest BCUT2D eigenvalue weighted by Crippen LogP contribution is 2.18. The molecule has 2 heterocycles. The van der Waals surface area contributed by atoms with Gasteiger partial charge < -0.3 is 10.1 Å². The molecule has 0 amide bonds. The van der Waals surface area contributed by atoms with Crippen molar-refractivity contribution in [3.63, 3.8) is 0 Å². The smallest absolute Gasteiger partial charge is 0.222 e. The van der Waals surface area contributed by atoms with Gasteiger partial charge in [0.25, 0.3) is 0 Å². The number of hydrogen-bond acceptors (Lipinski definition) is 5. The van der Waals surface area contributed by atoms with Crippen molar-refractivity contribution in [1.82, 2.24) is 14.9 Å². The number of rotatable bonds is 6. The van der Waals surface area contributed by atoms with Crippen molar-refractivity contribution < 1.29 is 9.13 Å². The van der Waals surface area contributed by atoms with E-state index in [-0.39, 0.29) is 5.82 Å². The van der Waals surface area contributed by atoms with Crippen LogP contribution in [0.3, 0.4) is 0 Å². The Labute approximate surface area is 135 Å². The number of ether oxygens (including phenoxy) is 1. The van der Waals surface area contributed by atoms with E-state index in [1.807, 2.05) is 0 Å². The average Bonchev–Trinajstić information content (AvgIpc) is 2.61. The van der Waals surface area contributed by atoms with Crippen LogP contribution < -0.4 is 5.32 Å². The maximum atomic E-state index is 12.9. The van der Waals surface area contributed by atoms with Crippen molar-refractivity contribution >= 4 is 5.95 Å². The molecule has 1 aromatic carbocycles. The van der Waals surface area contributed by atoms with E-state index in [2.05, 4.69) is 20.2 Å². The van der Waals surface area contributed by atoms with E-state index in [4.69, 9.17) is 4.74 Å². The normalized spacial score (nSPS) is 15.5. The minimum Gasteiger partial charge on any atom is -0.379 e. The lowest BCUT2D eigenvalue weighted by Crippen LogP contribution is -2.37. The molecule has 1 aliphatic heterocycles. The summed E-state index contributed by atoms with van der Waals surface area (Å²) < 4.78 is 18.3. The van der Waals surface area contributed by atoms with Crippen LogP contribution in [0.2, 0.25) is 0 Å². The topological polar surface area (TPSA) is 50.3 Å². The first-order valence-electron chi connectivity index (χ1n) is 7.93. The molecule has 122 valence electrons. The summed E-state index contributed by atoms with van der Waals surface area (Å²) in [6.07, 6.45) is 4.55. The lowest BCUT2D eigenvalue weighted by Gasteiger charge is -2.26. The summed E-state index contributed by atoms with van der Waals surface area (Å²) >= 11 is 0. The highest BCUT2D eigenvalue weighted by molar-refractivity contribution is 5.61. The van der Waals surface area contributed by atoms with Crippen LogP contribution in [0.5, 0.6) is 0 Å². The predicted molar refractivity (Wildman–Crippen MR) is 87.8 cm³/mol. The Morgan fingerprint density at radius 2 is 1.74 bits per heavy atom. The van der Waals surface area contributed by atoms with Crippen molar-refractivity contribution in [2.75, 3.05) is 44.7 Å². The molecule has 2 aromatic rings. The van der Waals surface area contributed by atoms with Crippen molar-refractivity contribution in [2.24, 2.45) is 0 Å². The summed E-state index contributed by atoms with van der Waals surface area (Å²) in [5.74, 6) is 0.381. The Balaban J connectivity index is 1.45. The summed E-state index contributed by atoms with van der Waals surface area (Å²) in [6, 6.07) is 6.33. The third-order valence-corrected chi connectivity index (χ3v) is 3.87. The number of benzene rings is 1. The highest BCUT2D eigenvalue weighted by atomic mass is 19.1. The number of hydrogen-bond donors (Lipinski definition) is 1. The molecule has 23 heavy (non-hydrogen) atoms. The third kappa shape index (κ3) is 4.71. The Kier molecular flexibility index (Phi) is 5.50. The van der Waals surface area contributed by atoms with Crippen LogP contribution in [-0.4, -0.2) is 54.3 Å². The van der Waals surface area contributed by atoms with Gasteiger partial charge in [0, 0.05) is 37.6 Å². The minimum absolute atomic E-state index is 0.242. The van der Waals surface area contributed by atoms with Gasteiger partial charge in [-0.15, -0.1) is 0 Å². The van der Waals surface area contributed by atoms with Crippen molar-refractivity contribution in [1.29, 1.82) is 0 Å². The Morgan fingerprint density at radius 1 is 1.04 bits per heavy atom. The molecule has 3 rings (SSSR count). The third-order valence-electron chi connectivity index (χ3n) is 3.87. The second kappa shape index (κ2) is 7.99. The van der Waals surface area contributed by atoms with Gasteiger partial charge in [-0.1, -0.05) is 12.1 Å². The molecule has 1 aromatic heterocycles. The van der Waals surface area contributed by atoms with E-state index >= 15 is 0 Å². The van der Waals surface area contributed by atoms with Gasteiger partial charge >= 0.3 is 0 Å². The number of anilines is 1. The minimum atomic E-state index is -0.242. The fourth-order valence-electron chi connectivity index (χ4n) is 2.54. The summed E-state index contributed by atoms with van der Waals surface area (Å²) in [6.45, 7) is 5.60. The molecule has 0 atom stereocenters. The van der Waals surface area contributed by atoms with Gasteiger partial charge in [-0.3, -0.25) is 4.90 Å². The molecule has 0 saturated carbocycles. The maximum absolute atomic E-state index is 12.9. The number of nitrogens with zero attached hydrogens (tertiary/aromatic N) is 3. The molecular weight excluding hydrogens is 295 g/mol. The average molecular weight is 316 g/mol. The van der Waals surface area contributed by atoms with E-state index < -0.39 is 0 Å². The maximum Gasteiger partial charge on any atom is 0.222 e. The van der Waals surface area contributed by atoms with E-state index in [1.165, 1.54) is 12.1 Å². The Morgan fingerprint density at radius 3 is 2.43 bits per heavy atom. The van der Waals surface area contributed by atoms with Gasteiger partial charge in [0.2, 0.25) is 5.95 Å². The zero-order valence-electron chi connectivity index (χ0n) is 13.0. The second-order valence-corrected chi connectivity index (χ2v) is 5.54.